The van der Waals surface area contributed by atoms with Crippen molar-refractivity contribution in [3.05, 3.63) is 87.7 Å². The lowest BCUT2D eigenvalue weighted by molar-refractivity contribution is -0.793. The number of quaternary nitrogens is 1. The van der Waals surface area contributed by atoms with Gasteiger partial charge in [-0.05, 0) is 62.6 Å². The Balaban J connectivity index is 1.79. The maximum Gasteiger partial charge on any atom is 0.417 e. The highest BCUT2D eigenvalue weighted by molar-refractivity contribution is 6.34. The van der Waals surface area contributed by atoms with E-state index in [1.165, 1.54) is 43.8 Å². The van der Waals surface area contributed by atoms with Gasteiger partial charge in [0, 0.05) is 23.6 Å². The SMILES string of the molecule is COC(=O)c1ccc(-c2nn(C(=O)c3c(Cl)cccc3C(F)(F)F)c3cc(C(=O)N=C[N+](C)(C)CCOC(OC)N(C)C)ccc23)c(F)c1. The number of carbonyl (C=O) groups excluding carboxylic acids is 3. The minimum atomic E-state index is -4.96. The third-order valence-electron chi connectivity index (χ3n) is 7.34. The number of ether oxygens (including phenoxy) is 3. The van der Waals surface area contributed by atoms with E-state index in [0.29, 0.717) is 17.3 Å². The van der Waals surface area contributed by atoms with Gasteiger partial charge in [0.2, 0.25) is 6.41 Å². The molecular formula is C33H33ClF4N5O6+. The molecule has 4 aromatic rings. The van der Waals surface area contributed by atoms with E-state index in [1.807, 2.05) is 0 Å². The molecule has 0 spiro atoms. The van der Waals surface area contributed by atoms with E-state index < -0.39 is 52.3 Å². The molecule has 0 N–H and O–H groups in total. The maximum atomic E-state index is 15.4. The Hall–Kier alpha value is -4.54. The van der Waals surface area contributed by atoms with Crippen LogP contribution in [-0.4, -0.2) is 105 Å². The second-order valence-corrected chi connectivity index (χ2v) is 12.0. The van der Waals surface area contributed by atoms with Crippen molar-refractivity contribution in [1.82, 2.24) is 14.7 Å². The Morgan fingerprint density at radius 1 is 1.06 bits per heavy atom. The summed E-state index contributed by atoms with van der Waals surface area (Å²) in [5, 5.41) is 3.83. The van der Waals surface area contributed by atoms with Crippen LogP contribution >= 0.6 is 11.6 Å². The second kappa shape index (κ2) is 14.9. The number of aliphatic imine (C=N–C) groups is 1. The molecule has 260 valence electrons. The third-order valence-corrected chi connectivity index (χ3v) is 7.65. The molecule has 1 aromatic heterocycles. The molecule has 0 aliphatic heterocycles. The highest BCUT2D eigenvalue weighted by Gasteiger charge is 2.37. The number of nitrogens with zero attached hydrogens (tertiary/aromatic N) is 5. The van der Waals surface area contributed by atoms with Gasteiger partial charge in [0.25, 0.3) is 11.8 Å². The number of alkyl halides is 3. The summed E-state index contributed by atoms with van der Waals surface area (Å²) in [6, 6.07) is 10.2. The molecule has 0 radical (unpaired) electrons. The van der Waals surface area contributed by atoms with Crippen molar-refractivity contribution in [2.45, 2.75) is 12.6 Å². The Labute approximate surface area is 283 Å². The van der Waals surface area contributed by atoms with Crippen LogP contribution in [-0.2, 0) is 20.4 Å². The molecular weight excluding hydrogens is 674 g/mol. The Morgan fingerprint density at radius 2 is 1.76 bits per heavy atom. The van der Waals surface area contributed by atoms with E-state index in [1.54, 1.807) is 33.1 Å². The van der Waals surface area contributed by atoms with Gasteiger partial charge in [-0.2, -0.15) is 27.9 Å². The minimum Gasteiger partial charge on any atom is -0.465 e. The molecule has 1 unspecified atom stereocenters. The van der Waals surface area contributed by atoms with Crippen LogP contribution in [0.3, 0.4) is 0 Å². The molecule has 3 aromatic carbocycles. The zero-order valence-electron chi connectivity index (χ0n) is 27.3. The lowest BCUT2D eigenvalue weighted by Crippen LogP contribution is -2.43. The molecule has 0 bridgehead atoms. The summed E-state index contributed by atoms with van der Waals surface area (Å²) in [6.07, 6.45) is -4.14. The predicted octanol–water partition coefficient (Wildman–Crippen LogP) is 5.74. The average molecular weight is 707 g/mol. The summed E-state index contributed by atoms with van der Waals surface area (Å²) in [4.78, 5) is 44.8. The van der Waals surface area contributed by atoms with Crippen molar-refractivity contribution < 1.29 is 50.6 Å². The molecule has 0 saturated heterocycles. The number of amides is 1. The Morgan fingerprint density at radius 3 is 2.37 bits per heavy atom. The van der Waals surface area contributed by atoms with Crippen LogP contribution < -0.4 is 0 Å². The number of methoxy groups -OCH3 is 2. The normalized spacial score (nSPS) is 13.0. The van der Waals surface area contributed by atoms with Crippen LogP contribution in [0.2, 0.25) is 5.02 Å². The van der Waals surface area contributed by atoms with E-state index in [2.05, 4.69) is 14.8 Å². The number of likely N-dealkylation sites (N-methyl/N-ethyl adjacent to an activating group) is 1. The van der Waals surface area contributed by atoms with Crippen molar-refractivity contribution in [3.8, 4) is 11.3 Å². The zero-order valence-corrected chi connectivity index (χ0v) is 28.1. The highest BCUT2D eigenvalue weighted by Crippen LogP contribution is 2.37. The van der Waals surface area contributed by atoms with Gasteiger partial charge in [-0.3, -0.25) is 19.0 Å². The Kier molecular flexibility index (Phi) is 11.4. The van der Waals surface area contributed by atoms with Crippen LogP contribution in [0.5, 0.6) is 0 Å². The molecule has 0 saturated carbocycles. The van der Waals surface area contributed by atoms with Gasteiger partial charge in [0.05, 0.1) is 48.4 Å². The first-order valence-corrected chi connectivity index (χ1v) is 14.9. The maximum absolute atomic E-state index is 15.4. The van der Waals surface area contributed by atoms with Crippen molar-refractivity contribution in [1.29, 1.82) is 0 Å². The van der Waals surface area contributed by atoms with Gasteiger partial charge in [0.15, 0.2) is 6.34 Å². The van der Waals surface area contributed by atoms with E-state index in [4.69, 9.17) is 21.1 Å². The standard InChI is InChI=1S/C33H33ClF4N5O6/c1-41(2)32(48-6)49-15-14-43(3,4)18-39-29(44)19-10-13-22-26(17-19)42(30(45)27-23(33(36,37)38)8-7-9-24(27)34)40-28(22)21-12-11-20(16-25(21)35)31(46)47-5/h7-13,16-18,32H,14-15H2,1-6H3/q+1. The van der Waals surface area contributed by atoms with Crippen molar-refractivity contribution in [3.63, 3.8) is 0 Å². The molecule has 11 nitrogen and oxygen atoms in total. The number of esters is 1. The largest absolute Gasteiger partial charge is 0.465 e. The number of hydrogen-bond acceptors (Lipinski definition) is 8. The fraction of sp³-hybridized carbons (Fsp3) is 0.303. The monoisotopic (exact) mass is 706 g/mol. The molecule has 1 heterocycles. The lowest BCUT2D eigenvalue weighted by Gasteiger charge is -2.26. The van der Waals surface area contributed by atoms with Crippen LogP contribution in [0.4, 0.5) is 17.6 Å². The summed E-state index contributed by atoms with van der Waals surface area (Å²) in [6.45, 7) is 0.674. The van der Waals surface area contributed by atoms with Gasteiger partial charge >= 0.3 is 12.1 Å². The van der Waals surface area contributed by atoms with Gasteiger partial charge in [-0.15, -0.1) is 0 Å². The molecule has 49 heavy (non-hydrogen) atoms. The van der Waals surface area contributed by atoms with Crippen molar-refractivity contribution in [2.75, 3.05) is 55.6 Å². The minimum absolute atomic E-state index is 0.0377. The number of halogens is 5. The van der Waals surface area contributed by atoms with E-state index in [9.17, 15) is 27.6 Å². The first-order chi connectivity index (χ1) is 23.0. The first kappa shape index (κ1) is 37.3. The number of fused-ring (bicyclic) bond motifs is 1. The quantitative estimate of drug-likeness (QED) is 0.0485. The second-order valence-electron chi connectivity index (χ2n) is 11.6. The van der Waals surface area contributed by atoms with E-state index in [-0.39, 0.29) is 44.4 Å². The summed E-state index contributed by atoms with van der Waals surface area (Å²) in [5.74, 6) is -3.74. The van der Waals surface area contributed by atoms with Crippen molar-refractivity contribution >= 4 is 46.6 Å². The predicted molar refractivity (Wildman–Crippen MR) is 173 cm³/mol. The number of rotatable bonds is 11. The molecule has 1 atom stereocenters. The Bertz CT molecular complexity index is 1930. The van der Waals surface area contributed by atoms with Gasteiger partial charge in [-0.25, -0.2) is 9.18 Å². The molecule has 0 fully saturated rings. The van der Waals surface area contributed by atoms with E-state index in [0.717, 1.165) is 25.3 Å². The molecule has 4 rings (SSSR count). The smallest absolute Gasteiger partial charge is 0.417 e. The topological polar surface area (TPSA) is 112 Å². The average Bonchev–Trinajstić information content (AvgIpc) is 3.42. The fourth-order valence-corrected chi connectivity index (χ4v) is 5.05. The third kappa shape index (κ3) is 8.37. The number of benzene rings is 3. The molecule has 16 heteroatoms. The van der Waals surface area contributed by atoms with Crippen LogP contribution in [0.1, 0.15) is 36.6 Å². The first-order valence-electron chi connectivity index (χ1n) is 14.5. The van der Waals surface area contributed by atoms with Gasteiger partial charge in [0.1, 0.15) is 24.7 Å². The number of aromatic nitrogens is 2. The highest BCUT2D eigenvalue weighted by atomic mass is 35.5. The fourth-order valence-electron chi connectivity index (χ4n) is 4.79. The van der Waals surface area contributed by atoms with Crippen LogP contribution in [0.25, 0.3) is 22.2 Å². The molecule has 0 aliphatic rings. The lowest BCUT2D eigenvalue weighted by atomic mass is 10.0. The molecule has 0 aliphatic carbocycles. The number of carbonyl (C=O) groups is 3. The number of hydrogen-bond donors (Lipinski definition) is 0. The summed E-state index contributed by atoms with van der Waals surface area (Å²) >= 11 is 6.12. The summed E-state index contributed by atoms with van der Waals surface area (Å²) in [5.41, 5.74) is -2.80. The van der Waals surface area contributed by atoms with E-state index >= 15 is 4.39 Å². The zero-order chi connectivity index (χ0) is 36.3. The van der Waals surface area contributed by atoms with Gasteiger partial charge in [-0.1, -0.05) is 17.7 Å². The van der Waals surface area contributed by atoms with Crippen molar-refractivity contribution in [2.24, 2.45) is 4.99 Å². The molecule has 1 amide bonds. The summed E-state index contributed by atoms with van der Waals surface area (Å²) < 4.78 is 73.7. The van der Waals surface area contributed by atoms with Crippen LogP contribution in [0, 0.1) is 5.82 Å². The summed E-state index contributed by atoms with van der Waals surface area (Å²) in [7, 11) is 9.76. The van der Waals surface area contributed by atoms with Crippen LogP contribution in [0.15, 0.2) is 59.6 Å². The van der Waals surface area contributed by atoms with Gasteiger partial charge < -0.3 is 14.2 Å².